The number of carbonyl (C=O) groups excluding carboxylic acids is 1. The fourth-order valence-electron chi connectivity index (χ4n) is 3.06. The molecule has 8 heteroatoms. The van der Waals surface area contributed by atoms with Crippen LogP contribution in [0.4, 0.5) is 11.4 Å². The van der Waals surface area contributed by atoms with Crippen molar-refractivity contribution in [2.24, 2.45) is 0 Å². The summed E-state index contributed by atoms with van der Waals surface area (Å²) in [6, 6.07) is 12.2. The second-order valence-corrected chi connectivity index (χ2v) is 7.44. The second kappa shape index (κ2) is 10.1. The summed E-state index contributed by atoms with van der Waals surface area (Å²) >= 11 is 6.33. The minimum atomic E-state index is -0.612. The van der Waals surface area contributed by atoms with Crippen LogP contribution in [0.1, 0.15) is 44.2 Å². The molecule has 0 fully saturated rings. The third kappa shape index (κ3) is 5.22. The van der Waals surface area contributed by atoms with Crippen molar-refractivity contribution in [2.75, 3.05) is 5.32 Å². The van der Waals surface area contributed by atoms with E-state index in [9.17, 15) is 4.79 Å². The number of nitrogens with zero attached hydrogens (tertiary/aromatic N) is 3. The summed E-state index contributed by atoms with van der Waals surface area (Å²) in [7, 11) is 0. The number of benzene rings is 2. The van der Waals surface area contributed by atoms with E-state index >= 15 is 0 Å². The maximum Gasteiger partial charge on any atom is 0.306 e. The van der Waals surface area contributed by atoms with Crippen LogP contribution in [-0.2, 0) is 9.53 Å². The summed E-state index contributed by atoms with van der Waals surface area (Å²) in [5.41, 5.74) is 2.54. The summed E-state index contributed by atoms with van der Waals surface area (Å²) in [6.07, 6.45) is 0.414. The Morgan fingerprint density at radius 1 is 1.26 bits per heavy atom. The van der Waals surface area contributed by atoms with Gasteiger partial charge in [-0.25, -0.2) is 4.85 Å². The molecule has 0 amide bonds. The molecule has 0 saturated heterocycles. The Bertz CT molecular complexity index is 1090. The van der Waals surface area contributed by atoms with Crippen molar-refractivity contribution >= 4 is 28.9 Å². The van der Waals surface area contributed by atoms with Crippen molar-refractivity contribution in [2.45, 2.75) is 45.8 Å². The van der Waals surface area contributed by atoms with Crippen molar-refractivity contribution in [1.82, 2.24) is 10.2 Å². The molecule has 0 aliphatic heterocycles. The molecule has 3 aromatic rings. The van der Waals surface area contributed by atoms with Crippen LogP contribution in [0.15, 0.2) is 46.9 Å². The molecule has 7 nitrogen and oxygen atoms in total. The first-order valence-electron chi connectivity index (χ1n) is 9.96. The number of halogens is 1. The van der Waals surface area contributed by atoms with E-state index < -0.39 is 12.1 Å². The first-order chi connectivity index (χ1) is 14.9. The Hall–Kier alpha value is -3.37. The van der Waals surface area contributed by atoms with E-state index in [4.69, 9.17) is 27.3 Å². The Kier molecular flexibility index (Phi) is 7.27. The number of anilines is 1. The zero-order valence-corrected chi connectivity index (χ0v) is 18.3. The van der Waals surface area contributed by atoms with Gasteiger partial charge >= 0.3 is 5.97 Å². The molecular weight excluding hydrogens is 416 g/mol. The van der Waals surface area contributed by atoms with Crippen LogP contribution in [-0.4, -0.2) is 22.3 Å². The summed E-state index contributed by atoms with van der Waals surface area (Å²) in [6.45, 7) is 12.7. The smallest absolute Gasteiger partial charge is 0.306 e. The highest BCUT2D eigenvalue weighted by molar-refractivity contribution is 6.34. The van der Waals surface area contributed by atoms with Crippen LogP contribution in [0.2, 0.25) is 5.02 Å². The molecule has 1 aromatic heterocycles. The van der Waals surface area contributed by atoms with Gasteiger partial charge in [-0.1, -0.05) is 42.8 Å². The molecule has 0 aliphatic carbocycles. The molecule has 0 radical (unpaired) electrons. The van der Waals surface area contributed by atoms with E-state index in [1.807, 2.05) is 44.2 Å². The number of carbonyl (C=O) groups is 1. The molecule has 2 aromatic carbocycles. The molecule has 1 N–H and O–H groups in total. The molecule has 160 valence electrons. The molecule has 0 aliphatic rings. The van der Waals surface area contributed by atoms with Crippen LogP contribution in [0.25, 0.3) is 16.3 Å². The van der Waals surface area contributed by atoms with Gasteiger partial charge in [0.05, 0.1) is 11.6 Å². The van der Waals surface area contributed by atoms with Crippen LogP contribution < -0.4 is 5.32 Å². The monoisotopic (exact) mass is 438 g/mol. The fourth-order valence-corrected chi connectivity index (χ4v) is 3.26. The lowest BCUT2D eigenvalue weighted by molar-refractivity contribution is -0.149. The number of hydrogen-bond donors (Lipinski definition) is 1. The first-order valence-corrected chi connectivity index (χ1v) is 10.3. The van der Waals surface area contributed by atoms with Gasteiger partial charge < -0.3 is 14.5 Å². The van der Waals surface area contributed by atoms with Crippen molar-refractivity contribution in [3.8, 4) is 11.5 Å². The van der Waals surface area contributed by atoms with Crippen molar-refractivity contribution in [1.29, 1.82) is 0 Å². The lowest BCUT2D eigenvalue weighted by Gasteiger charge is -2.24. The van der Waals surface area contributed by atoms with Crippen LogP contribution in [0, 0.1) is 13.5 Å². The van der Waals surface area contributed by atoms with Crippen LogP contribution in [0.5, 0.6) is 0 Å². The lowest BCUT2D eigenvalue weighted by atomic mass is 10.1. The summed E-state index contributed by atoms with van der Waals surface area (Å²) in [5, 5.41) is 12.0. The minimum Gasteiger partial charge on any atom is -0.460 e. The lowest BCUT2D eigenvalue weighted by Crippen LogP contribution is -2.28. The number of nitrogens with one attached hydrogen (secondary N) is 1. The van der Waals surface area contributed by atoms with Gasteiger partial charge in [-0.3, -0.25) is 4.79 Å². The Morgan fingerprint density at radius 2 is 2.00 bits per heavy atom. The van der Waals surface area contributed by atoms with Crippen molar-refractivity contribution < 1.29 is 13.9 Å². The first kappa shape index (κ1) is 22.3. The highest BCUT2D eigenvalue weighted by atomic mass is 35.5. The topological polar surface area (TPSA) is 81.6 Å². The van der Waals surface area contributed by atoms with Gasteiger partial charge in [0.25, 0.3) is 0 Å². The van der Waals surface area contributed by atoms with Gasteiger partial charge in [0.1, 0.15) is 12.1 Å². The molecule has 1 heterocycles. The molecule has 31 heavy (non-hydrogen) atoms. The summed E-state index contributed by atoms with van der Waals surface area (Å²) < 4.78 is 11.5. The second-order valence-electron chi connectivity index (χ2n) is 7.06. The molecule has 2 atom stereocenters. The Morgan fingerprint density at radius 3 is 2.68 bits per heavy atom. The quantitative estimate of drug-likeness (QED) is 0.336. The van der Waals surface area contributed by atoms with Gasteiger partial charge in [-0.2, -0.15) is 0 Å². The standard InChI is InChI=1S/C23H23ClN4O3/c1-5-9-19(29)30-15(3)21(26-17-12-13-18(25-4)20(24)14(17)2)23-28-27-22(31-23)16-10-7-6-8-11-16/h6-8,10-13,15,21,26H,5,9H2,1-3H3/t15-,21+/m0/s1. The van der Waals surface area contributed by atoms with Gasteiger partial charge in [0.15, 0.2) is 0 Å². The highest BCUT2D eigenvalue weighted by Crippen LogP contribution is 2.35. The van der Waals surface area contributed by atoms with Crippen LogP contribution in [0.3, 0.4) is 0 Å². The zero-order valence-electron chi connectivity index (χ0n) is 17.6. The van der Waals surface area contributed by atoms with E-state index in [1.54, 1.807) is 19.1 Å². The predicted octanol–water partition coefficient (Wildman–Crippen LogP) is 6.13. The average Bonchev–Trinajstić information content (AvgIpc) is 3.25. The number of hydrogen-bond acceptors (Lipinski definition) is 6. The maximum absolute atomic E-state index is 12.1. The predicted molar refractivity (Wildman–Crippen MR) is 119 cm³/mol. The van der Waals surface area contributed by atoms with Crippen molar-refractivity contribution in [3.63, 3.8) is 0 Å². The molecule has 0 saturated carbocycles. The van der Waals surface area contributed by atoms with E-state index in [-0.39, 0.29) is 11.9 Å². The highest BCUT2D eigenvalue weighted by Gasteiger charge is 2.29. The normalized spacial score (nSPS) is 12.6. The van der Waals surface area contributed by atoms with Gasteiger partial charge in [-0.05, 0) is 44.0 Å². The van der Waals surface area contributed by atoms with E-state index in [0.717, 1.165) is 5.56 Å². The van der Waals surface area contributed by atoms with E-state index in [0.29, 0.717) is 40.7 Å². The SMILES string of the molecule is [C-]#[N+]c1ccc(N[C@@H](c2nnc(-c3ccccc3)o2)[C@H](C)OC(=O)CCC)c(C)c1Cl. The number of ether oxygens (including phenoxy) is 1. The zero-order chi connectivity index (χ0) is 22.4. The van der Waals surface area contributed by atoms with Gasteiger partial charge in [-0.15, -0.1) is 10.2 Å². The number of rotatable bonds is 8. The fraction of sp³-hybridized carbons (Fsp3) is 0.304. The van der Waals surface area contributed by atoms with E-state index in [1.165, 1.54) is 0 Å². The largest absolute Gasteiger partial charge is 0.460 e. The van der Waals surface area contributed by atoms with Crippen molar-refractivity contribution in [3.05, 3.63) is 70.4 Å². The third-order valence-corrected chi connectivity index (χ3v) is 5.24. The summed E-state index contributed by atoms with van der Waals surface area (Å²) in [5.74, 6) is 0.343. The molecule has 0 unspecified atom stereocenters. The number of aromatic nitrogens is 2. The van der Waals surface area contributed by atoms with Gasteiger partial charge in [0, 0.05) is 17.7 Å². The van der Waals surface area contributed by atoms with Gasteiger partial charge in [0.2, 0.25) is 17.5 Å². The average molecular weight is 439 g/mol. The third-order valence-electron chi connectivity index (χ3n) is 4.77. The number of esters is 1. The molecule has 0 bridgehead atoms. The molecular formula is C23H23ClN4O3. The molecule has 0 spiro atoms. The molecule has 3 rings (SSSR count). The van der Waals surface area contributed by atoms with Crippen LogP contribution >= 0.6 is 11.6 Å². The van der Waals surface area contributed by atoms with E-state index in [2.05, 4.69) is 20.4 Å². The Balaban J connectivity index is 1.94. The Labute approximate surface area is 186 Å². The maximum atomic E-state index is 12.1. The minimum absolute atomic E-state index is 0.278. The summed E-state index contributed by atoms with van der Waals surface area (Å²) in [4.78, 5) is 15.5.